The van der Waals surface area contributed by atoms with Crippen molar-refractivity contribution in [3.05, 3.63) is 58.1 Å². The molecule has 0 unspecified atom stereocenters. The largest absolute Gasteiger partial charge is 0.345 e. The van der Waals surface area contributed by atoms with E-state index in [1.165, 1.54) is 0 Å². The van der Waals surface area contributed by atoms with E-state index in [1.54, 1.807) is 6.20 Å². The zero-order chi connectivity index (χ0) is 13.5. The number of aromatic amines is 1. The van der Waals surface area contributed by atoms with Gasteiger partial charge in [-0.3, -0.25) is 0 Å². The first-order chi connectivity index (χ1) is 9.27. The maximum Gasteiger partial charge on any atom is 0.129 e. The van der Waals surface area contributed by atoms with Crippen molar-refractivity contribution in [2.75, 3.05) is 0 Å². The minimum absolute atomic E-state index is 0.763. The van der Waals surface area contributed by atoms with E-state index in [0.717, 1.165) is 47.1 Å². The number of H-pyrrole nitrogens is 1. The fraction of sp³-hybridized carbons (Fsp3) is 0.267. The van der Waals surface area contributed by atoms with E-state index in [2.05, 4.69) is 16.0 Å². The molecule has 1 aromatic carbocycles. The molecule has 0 saturated heterocycles. The first kappa shape index (κ1) is 14.2. The fourth-order valence-electron chi connectivity index (χ4n) is 1.90. The van der Waals surface area contributed by atoms with Crippen LogP contribution in [0.1, 0.15) is 30.7 Å². The summed E-state index contributed by atoms with van der Waals surface area (Å²) in [5.41, 5.74) is 1.06. The van der Waals surface area contributed by atoms with Crippen molar-refractivity contribution in [2.45, 2.75) is 25.7 Å². The average molecular weight is 295 g/mol. The zero-order valence-corrected chi connectivity index (χ0v) is 12.1. The lowest BCUT2D eigenvalue weighted by Gasteiger charge is -2.05. The van der Waals surface area contributed by atoms with Crippen LogP contribution in [-0.4, -0.2) is 9.97 Å². The molecule has 2 rings (SSSR count). The second-order valence-corrected chi connectivity index (χ2v) is 5.14. The molecule has 0 atom stereocenters. The van der Waals surface area contributed by atoms with Gasteiger partial charge in [0, 0.05) is 22.4 Å². The summed E-state index contributed by atoms with van der Waals surface area (Å²) >= 11 is 12.3. The molecule has 1 aromatic heterocycles. The summed E-state index contributed by atoms with van der Waals surface area (Å²) in [6.07, 6.45) is 11.8. The van der Waals surface area contributed by atoms with Gasteiger partial charge >= 0.3 is 0 Å². The predicted octanol–water partition coefficient (Wildman–Crippen LogP) is 5.14. The summed E-state index contributed by atoms with van der Waals surface area (Å²) in [6, 6.07) is 5.65. The molecule has 0 spiro atoms. The van der Waals surface area contributed by atoms with Gasteiger partial charge in [-0.2, -0.15) is 0 Å². The van der Waals surface area contributed by atoms with Gasteiger partial charge in [-0.25, -0.2) is 4.98 Å². The Labute approximate surface area is 123 Å². The molecular weight excluding hydrogens is 279 g/mol. The molecule has 0 aliphatic carbocycles. The average Bonchev–Trinajstić information content (AvgIpc) is 2.89. The van der Waals surface area contributed by atoms with Crippen molar-refractivity contribution in [1.29, 1.82) is 0 Å². The van der Waals surface area contributed by atoms with Crippen LogP contribution >= 0.6 is 23.2 Å². The Kier molecular flexibility index (Phi) is 5.49. The number of aromatic nitrogens is 2. The number of rotatable bonds is 6. The lowest BCUT2D eigenvalue weighted by molar-refractivity contribution is 0.749. The van der Waals surface area contributed by atoms with Crippen LogP contribution in [0.15, 0.2) is 36.7 Å². The Morgan fingerprint density at radius 2 is 1.95 bits per heavy atom. The van der Waals surface area contributed by atoms with E-state index in [4.69, 9.17) is 23.2 Å². The zero-order valence-electron chi connectivity index (χ0n) is 10.6. The summed E-state index contributed by atoms with van der Waals surface area (Å²) in [5.74, 6) is 0.897. The number of benzene rings is 1. The van der Waals surface area contributed by atoms with Crippen molar-refractivity contribution in [2.24, 2.45) is 0 Å². The number of hydrogen-bond donors (Lipinski definition) is 1. The smallest absolute Gasteiger partial charge is 0.129 e. The summed E-state index contributed by atoms with van der Waals surface area (Å²) < 4.78 is 0. The summed E-state index contributed by atoms with van der Waals surface area (Å²) in [5, 5.41) is 1.53. The van der Waals surface area contributed by atoms with Crippen LogP contribution in [0.3, 0.4) is 0 Å². The van der Waals surface area contributed by atoms with Gasteiger partial charge in [-0.1, -0.05) is 35.3 Å². The lowest BCUT2D eigenvalue weighted by Crippen LogP contribution is -1.88. The van der Waals surface area contributed by atoms with Gasteiger partial charge in [-0.05, 0) is 49.5 Å². The molecule has 0 aliphatic rings. The second-order valence-electron chi connectivity index (χ2n) is 4.32. The van der Waals surface area contributed by atoms with Crippen LogP contribution in [0.25, 0.3) is 6.08 Å². The van der Waals surface area contributed by atoms with Crippen LogP contribution in [0.2, 0.25) is 10.0 Å². The van der Waals surface area contributed by atoms with E-state index in [0.29, 0.717) is 0 Å². The Balaban J connectivity index is 1.72. The molecule has 0 bridgehead atoms. The quantitative estimate of drug-likeness (QED) is 0.734. The Hall–Kier alpha value is -1.25. The van der Waals surface area contributed by atoms with Gasteiger partial charge in [0.05, 0.1) is 0 Å². The van der Waals surface area contributed by atoms with Crippen LogP contribution in [-0.2, 0) is 6.42 Å². The fourth-order valence-corrected chi connectivity index (χ4v) is 2.49. The molecule has 1 heterocycles. The van der Waals surface area contributed by atoms with Crippen molar-refractivity contribution >= 4 is 29.3 Å². The van der Waals surface area contributed by atoms with Crippen molar-refractivity contribution in [3.8, 4) is 0 Å². The highest BCUT2D eigenvalue weighted by atomic mass is 35.5. The number of hydrogen-bond acceptors (Lipinski definition) is 1. The number of imidazole rings is 1. The topological polar surface area (TPSA) is 28.7 Å². The third-order valence-electron chi connectivity index (χ3n) is 2.90. The molecule has 4 heteroatoms. The molecule has 2 aromatic rings. The standard InChI is InChI=1S/C15H16Cl2N2/c16-13-7-5-8-14(17)12(13)6-3-1-2-4-9-15-18-10-11-19-15/h4-5,7-11H,1-3,6H2,(H,18,19). The molecule has 0 amide bonds. The van der Waals surface area contributed by atoms with E-state index in [1.807, 2.05) is 30.5 Å². The number of nitrogens with one attached hydrogen (secondary N) is 1. The van der Waals surface area contributed by atoms with Gasteiger partial charge in [0.1, 0.15) is 5.82 Å². The van der Waals surface area contributed by atoms with E-state index in [-0.39, 0.29) is 0 Å². The molecule has 0 saturated carbocycles. The molecular formula is C15H16Cl2N2. The molecule has 100 valence electrons. The van der Waals surface area contributed by atoms with E-state index in [9.17, 15) is 0 Å². The van der Waals surface area contributed by atoms with Crippen LogP contribution < -0.4 is 0 Å². The third-order valence-corrected chi connectivity index (χ3v) is 3.61. The lowest BCUT2D eigenvalue weighted by atomic mass is 10.1. The predicted molar refractivity (Wildman–Crippen MR) is 81.6 cm³/mol. The van der Waals surface area contributed by atoms with E-state index < -0.39 is 0 Å². The number of unbranched alkanes of at least 4 members (excludes halogenated alkanes) is 2. The van der Waals surface area contributed by atoms with Crippen molar-refractivity contribution in [1.82, 2.24) is 9.97 Å². The van der Waals surface area contributed by atoms with Crippen LogP contribution in [0.4, 0.5) is 0 Å². The number of halogens is 2. The van der Waals surface area contributed by atoms with Gasteiger partial charge in [-0.15, -0.1) is 0 Å². The van der Waals surface area contributed by atoms with Gasteiger partial charge in [0.25, 0.3) is 0 Å². The van der Waals surface area contributed by atoms with Crippen LogP contribution in [0, 0.1) is 0 Å². The number of allylic oxidation sites excluding steroid dienone is 1. The monoisotopic (exact) mass is 294 g/mol. The normalized spacial score (nSPS) is 11.3. The maximum atomic E-state index is 6.13. The highest BCUT2D eigenvalue weighted by Crippen LogP contribution is 2.25. The Morgan fingerprint density at radius 3 is 2.63 bits per heavy atom. The first-order valence-electron chi connectivity index (χ1n) is 6.36. The molecule has 1 N–H and O–H groups in total. The third kappa shape index (κ3) is 4.41. The molecule has 19 heavy (non-hydrogen) atoms. The van der Waals surface area contributed by atoms with Crippen molar-refractivity contribution in [3.63, 3.8) is 0 Å². The van der Waals surface area contributed by atoms with E-state index >= 15 is 0 Å². The van der Waals surface area contributed by atoms with Crippen molar-refractivity contribution < 1.29 is 0 Å². The summed E-state index contributed by atoms with van der Waals surface area (Å²) in [6.45, 7) is 0. The Bertz CT molecular complexity index is 513. The highest BCUT2D eigenvalue weighted by molar-refractivity contribution is 6.35. The summed E-state index contributed by atoms with van der Waals surface area (Å²) in [7, 11) is 0. The molecule has 0 radical (unpaired) electrons. The SMILES string of the molecule is Clc1cccc(Cl)c1CCCCC=Cc1ncc[nH]1. The molecule has 0 aliphatic heterocycles. The molecule has 0 fully saturated rings. The van der Waals surface area contributed by atoms with Gasteiger partial charge in [0.2, 0.25) is 0 Å². The number of nitrogens with zero attached hydrogens (tertiary/aromatic N) is 1. The van der Waals surface area contributed by atoms with Gasteiger partial charge in [0.15, 0.2) is 0 Å². The Morgan fingerprint density at radius 1 is 1.16 bits per heavy atom. The summed E-state index contributed by atoms with van der Waals surface area (Å²) in [4.78, 5) is 7.16. The molecule has 2 nitrogen and oxygen atoms in total. The minimum atomic E-state index is 0.763. The second kappa shape index (κ2) is 7.37. The van der Waals surface area contributed by atoms with Crippen LogP contribution in [0.5, 0.6) is 0 Å². The van der Waals surface area contributed by atoms with Gasteiger partial charge < -0.3 is 4.98 Å². The first-order valence-corrected chi connectivity index (χ1v) is 7.12. The maximum absolute atomic E-state index is 6.13. The minimum Gasteiger partial charge on any atom is -0.345 e. The highest BCUT2D eigenvalue weighted by Gasteiger charge is 2.04.